The molecule has 0 atom stereocenters. The number of benzene rings is 1. The van der Waals surface area contributed by atoms with Crippen LogP contribution in [-0.2, 0) is 0 Å². The zero-order valence-corrected chi connectivity index (χ0v) is 12.8. The molecule has 1 aromatic heterocycles. The second-order valence-electron chi connectivity index (χ2n) is 4.69. The molecule has 1 heterocycles. The molecule has 0 spiro atoms. The van der Waals surface area contributed by atoms with E-state index in [2.05, 4.69) is 11.4 Å². The average molecular weight is 298 g/mol. The molecule has 2 rings (SSSR count). The van der Waals surface area contributed by atoms with Crippen molar-refractivity contribution in [2.75, 3.05) is 5.32 Å². The molecule has 0 aliphatic carbocycles. The summed E-state index contributed by atoms with van der Waals surface area (Å²) in [4.78, 5) is 24.4. The molecular formula is C16H14N2O2S. The SMILES string of the molecule is CC(=O)c1ccc(C(=O)Nc2sc(C)c(C)c2C#N)cc1. The monoisotopic (exact) mass is 298 g/mol. The van der Waals surface area contributed by atoms with E-state index in [1.165, 1.54) is 18.3 Å². The molecule has 1 amide bonds. The number of aryl methyl sites for hydroxylation is 1. The van der Waals surface area contributed by atoms with Gasteiger partial charge in [-0.15, -0.1) is 11.3 Å². The summed E-state index contributed by atoms with van der Waals surface area (Å²) in [6.45, 7) is 5.26. The van der Waals surface area contributed by atoms with Crippen LogP contribution < -0.4 is 5.32 Å². The Morgan fingerprint density at radius 2 is 1.71 bits per heavy atom. The summed E-state index contributed by atoms with van der Waals surface area (Å²) in [5, 5.41) is 12.5. The third-order valence-electron chi connectivity index (χ3n) is 3.28. The molecule has 0 saturated carbocycles. The topological polar surface area (TPSA) is 70.0 Å². The van der Waals surface area contributed by atoms with Gasteiger partial charge in [-0.25, -0.2) is 0 Å². The molecule has 0 saturated heterocycles. The van der Waals surface area contributed by atoms with Gasteiger partial charge in [-0.3, -0.25) is 9.59 Å². The van der Waals surface area contributed by atoms with Gasteiger partial charge < -0.3 is 5.32 Å². The zero-order chi connectivity index (χ0) is 15.6. The minimum Gasteiger partial charge on any atom is -0.312 e. The summed E-state index contributed by atoms with van der Waals surface area (Å²) in [6.07, 6.45) is 0. The summed E-state index contributed by atoms with van der Waals surface area (Å²) in [5.74, 6) is -0.332. The molecule has 1 aromatic carbocycles. The van der Waals surface area contributed by atoms with Crippen molar-refractivity contribution in [3.63, 3.8) is 0 Å². The Labute approximate surface area is 127 Å². The van der Waals surface area contributed by atoms with Crippen molar-refractivity contribution >= 4 is 28.0 Å². The first kappa shape index (κ1) is 14.9. The number of anilines is 1. The van der Waals surface area contributed by atoms with E-state index in [1.807, 2.05) is 13.8 Å². The fraction of sp³-hybridized carbons (Fsp3) is 0.188. The smallest absolute Gasteiger partial charge is 0.256 e. The number of Topliss-reactive ketones (excluding diaryl/α,β-unsaturated/α-hetero) is 1. The van der Waals surface area contributed by atoms with Crippen molar-refractivity contribution in [2.24, 2.45) is 0 Å². The number of nitriles is 1. The lowest BCUT2D eigenvalue weighted by Gasteiger charge is -2.04. The number of nitrogens with zero attached hydrogens (tertiary/aromatic N) is 1. The van der Waals surface area contributed by atoms with E-state index >= 15 is 0 Å². The van der Waals surface area contributed by atoms with Crippen LogP contribution in [0, 0.1) is 25.2 Å². The van der Waals surface area contributed by atoms with E-state index in [9.17, 15) is 9.59 Å². The first-order valence-corrected chi connectivity index (χ1v) is 7.18. The van der Waals surface area contributed by atoms with Crippen LogP contribution in [0.3, 0.4) is 0 Å². The predicted octanol–water partition coefficient (Wildman–Crippen LogP) is 3.69. The highest BCUT2D eigenvalue weighted by atomic mass is 32.1. The summed E-state index contributed by atoms with van der Waals surface area (Å²) in [5.41, 5.74) is 2.41. The molecule has 2 aromatic rings. The third kappa shape index (κ3) is 3.01. The second-order valence-corrected chi connectivity index (χ2v) is 5.91. The highest BCUT2D eigenvalue weighted by molar-refractivity contribution is 7.16. The van der Waals surface area contributed by atoms with Crippen molar-refractivity contribution in [1.82, 2.24) is 0 Å². The molecule has 0 aliphatic rings. The molecular weight excluding hydrogens is 284 g/mol. The highest BCUT2D eigenvalue weighted by Gasteiger charge is 2.15. The molecule has 1 N–H and O–H groups in total. The molecule has 106 valence electrons. The highest BCUT2D eigenvalue weighted by Crippen LogP contribution is 2.31. The van der Waals surface area contributed by atoms with E-state index in [0.29, 0.717) is 21.7 Å². The van der Waals surface area contributed by atoms with Crippen LogP contribution in [-0.4, -0.2) is 11.7 Å². The van der Waals surface area contributed by atoms with Crippen LogP contribution >= 0.6 is 11.3 Å². The molecule has 21 heavy (non-hydrogen) atoms. The fourth-order valence-corrected chi connectivity index (χ4v) is 2.89. The fourth-order valence-electron chi connectivity index (χ4n) is 1.88. The van der Waals surface area contributed by atoms with Gasteiger partial charge in [0.1, 0.15) is 11.1 Å². The predicted molar refractivity (Wildman–Crippen MR) is 82.9 cm³/mol. The Morgan fingerprint density at radius 3 is 2.24 bits per heavy atom. The molecule has 0 aliphatic heterocycles. The van der Waals surface area contributed by atoms with Gasteiger partial charge in [-0.1, -0.05) is 12.1 Å². The zero-order valence-electron chi connectivity index (χ0n) is 12.0. The van der Waals surface area contributed by atoms with Crippen molar-refractivity contribution < 1.29 is 9.59 Å². The lowest BCUT2D eigenvalue weighted by molar-refractivity contribution is 0.101. The Kier molecular flexibility index (Phi) is 4.20. The molecule has 0 radical (unpaired) electrons. The van der Waals surface area contributed by atoms with Crippen LogP contribution in [0.4, 0.5) is 5.00 Å². The van der Waals surface area contributed by atoms with Gasteiger partial charge in [0.25, 0.3) is 5.91 Å². The van der Waals surface area contributed by atoms with Crippen molar-refractivity contribution in [3.05, 3.63) is 51.4 Å². The van der Waals surface area contributed by atoms with E-state index in [-0.39, 0.29) is 11.7 Å². The Hall–Kier alpha value is -2.45. The Bertz CT molecular complexity index is 752. The van der Waals surface area contributed by atoms with Gasteiger partial charge in [-0.05, 0) is 38.5 Å². The number of rotatable bonds is 3. The lowest BCUT2D eigenvalue weighted by Crippen LogP contribution is -2.12. The number of hydrogen-bond donors (Lipinski definition) is 1. The van der Waals surface area contributed by atoms with Crippen LogP contribution in [0.25, 0.3) is 0 Å². The molecule has 0 unspecified atom stereocenters. The van der Waals surface area contributed by atoms with Crippen LogP contribution in [0.2, 0.25) is 0 Å². The first-order valence-electron chi connectivity index (χ1n) is 6.36. The molecule has 5 heteroatoms. The van der Waals surface area contributed by atoms with Gasteiger partial charge in [0.15, 0.2) is 5.78 Å². The van der Waals surface area contributed by atoms with E-state index in [1.54, 1.807) is 24.3 Å². The summed E-state index contributed by atoms with van der Waals surface area (Å²) >= 11 is 1.39. The quantitative estimate of drug-likeness (QED) is 0.878. The third-order valence-corrected chi connectivity index (χ3v) is 4.40. The van der Waals surface area contributed by atoms with Gasteiger partial charge in [-0.2, -0.15) is 5.26 Å². The van der Waals surface area contributed by atoms with Crippen molar-refractivity contribution in [2.45, 2.75) is 20.8 Å². The number of hydrogen-bond acceptors (Lipinski definition) is 4. The normalized spacial score (nSPS) is 10.0. The summed E-state index contributed by atoms with van der Waals surface area (Å²) < 4.78 is 0. The van der Waals surface area contributed by atoms with Gasteiger partial charge >= 0.3 is 0 Å². The van der Waals surface area contributed by atoms with E-state index in [0.717, 1.165) is 10.4 Å². The standard InChI is InChI=1S/C16H14N2O2S/c1-9-11(3)21-16(14(9)8-17)18-15(20)13-6-4-12(5-7-13)10(2)19/h4-7H,1-3H3,(H,18,20). The minimum atomic E-state index is -0.289. The summed E-state index contributed by atoms with van der Waals surface area (Å²) in [6, 6.07) is 8.56. The number of ketones is 1. The van der Waals surface area contributed by atoms with Crippen LogP contribution in [0.5, 0.6) is 0 Å². The number of thiophene rings is 1. The molecule has 0 bridgehead atoms. The van der Waals surface area contributed by atoms with E-state index in [4.69, 9.17) is 5.26 Å². The average Bonchev–Trinajstić information content (AvgIpc) is 2.73. The second kappa shape index (κ2) is 5.90. The van der Waals surface area contributed by atoms with Crippen molar-refractivity contribution in [3.8, 4) is 6.07 Å². The van der Waals surface area contributed by atoms with Crippen LogP contribution in [0.15, 0.2) is 24.3 Å². The first-order chi connectivity index (χ1) is 9.93. The largest absolute Gasteiger partial charge is 0.312 e. The molecule has 0 fully saturated rings. The van der Waals surface area contributed by atoms with Gasteiger partial charge in [0, 0.05) is 16.0 Å². The minimum absolute atomic E-state index is 0.0433. The van der Waals surface area contributed by atoms with Gasteiger partial charge in [0.2, 0.25) is 0 Å². The van der Waals surface area contributed by atoms with Crippen molar-refractivity contribution in [1.29, 1.82) is 5.26 Å². The maximum absolute atomic E-state index is 12.2. The maximum atomic E-state index is 12.2. The molecule has 4 nitrogen and oxygen atoms in total. The number of nitrogens with one attached hydrogen (secondary N) is 1. The van der Waals surface area contributed by atoms with E-state index < -0.39 is 0 Å². The Balaban J connectivity index is 2.24. The maximum Gasteiger partial charge on any atom is 0.256 e. The number of carbonyl (C=O) groups is 2. The number of carbonyl (C=O) groups excluding carboxylic acids is 2. The summed E-state index contributed by atoms with van der Waals surface area (Å²) in [7, 11) is 0. The number of amides is 1. The lowest BCUT2D eigenvalue weighted by atomic mass is 10.1. The van der Waals surface area contributed by atoms with Gasteiger partial charge in [0.05, 0.1) is 5.56 Å². The van der Waals surface area contributed by atoms with Crippen LogP contribution in [0.1, 0.15) is 43.6 Å². The Morgan fingerprint density at radius 1 is 1.14 bits per heavy atom.